The Balaban J connectivity index is 2.02. The van der Waals surface area contributed by atoms with Gasteiger partial charge in [0, 0.05) is 27.7 Å². The average Bonchev–Trinajstić information content (AvgIpc) is 2.86. The number of halogens is 2. The monoisotopic (exact) mass is 327 g/mol. The SMILES string of the molecule is O=C(C=Cc1c(Cl)cccc1Cl)NC1CCCC1C(=O)O. The maximum Gasteiger partial charge on any atom is 0.308 e. The van der Waals surface area contributed by atoms with Crippen LogP contribution < -0.4 is 5.32 Å². The predicted octanol–water partition coefficient (Wildman–Crippen LogP) is 3.38. The van der Waals surface area contributed by atoms with Crippen LogP contribution in [0.5, 0.6) is 0 Å². The minimum Gasteiger partial charge on any atom is -0.481 e. The minimum atomic E-state index is -0.865. The maximum atomic E-state index is 11.9. The quantitative estimate of drug-likeness (QED) is 0.833. The largest absolute Gasteiger partial charge is 0.481 e. The number of aliphatic carboxylic acids is 1. The highest BCUT2D eigenvalue weighted by atomic mass is 35.5. The fourth-order valence-corrected chi connectivity index (χ4v) is 3.01. The number of nitrogens with one attached hydrogen (secondary N) is 1. The van der Waals surface area contributed by atoms with Crippen molar-refractivity contribution in [2.45, 2.75) is 25.3 Å². The maximum absolute atomic E-state index is 11.9. The number of carbonyl (C=O) groups excluding carboxylic acids is 1. The van der Waals surface area contributed by atoms with Gasteiger partial charge in [-0.1, -0.05) is 35.7 Å². The highest BCUT2D eigenvalue weighted by Crippen LogP contribution is 2.27. The van der Waals surface area contributed by atoms with E-state index in [0.29, 0.717) is 28.5 Å². The molecule has 2 N–H and O–H groups in total. The fourth-order valence-electron chi connectivity index (χ4n) is 2.49. The molecule has 0 aromatic heterocycles. The molecule has 1 amide bonds. The first kappa shape index (κ1) is 15.9. The van der Waals surface area contributed by atoms with Gasteiger partial charge in [0.15, 0.2) is 0 Å². The van der Waals surface area contributed by atoms with E-state index in [1.54, 1.807) is 18.2 Å². The van der Waals surface area contributed by atoms with Crippen molar-refractivity contribution in [2.75, 3.05) is 0 Å². The third-order valence-corrected chi connectivity index (χ3v) is 4.22. The summed E-state index contributed by atoms with van der Waals surface area (Å²) >= 11 is 12.0. The van der Waals surface area contributed by atoms with Crippen LogP contribution in [0, 0.1) is 5.92 Å². The lowest BCUT2D eigenvalue weighted by molar-refractivity contribution is -0.142. The molecular formula is C15H15Cl2NO3. The number of rotatable bonds is 4. The van der Waals surface area contributed by atoms with E-state index in [9.17, 15) is 9.59 Å². The third kappa shape index (κ3) is 3.99. The lowest BCUT2D eigenvalue weighted by Gasteiger charge is -2.16. The van der Waals surface area contributed by atoms with E-state index in [1.165, 1.54) is 12.2 Å². The molecule has 1 aromatic rings. The molecule has 2 unspecified atom stereocenters. The van der Waals surface area contributed by atoms with Crippen LogP contribution in [0.25, 0.3) is 6.08 Å². The molecular weight excluding hydrogens is 313 g/mol. The zero-order valence-corrected chi connectivity index (χ0v) is 12.7. The normalized spacial score (nSPS) is 21.6. The molecule has 0 heterocycles. The Labute approximate surface area is 132 Å². The van der Waals surface area contributed by atoms with Crippen molar-refractivity contribution < 1.29 is 14.7 Å². The molecule has 0 bridgehead atoms. The molecule has 2 atom stereocenters. The van der Waals surface area contributed by atoms with Gasteiger partial charge in [0.2, 0.25) is 5.91 Å². The summed E-state index contributed by atoms with van der Waals surface area (Å²) in [4.78, 5) is 22.9. The Morgan fingerprint density at radius 1 is 1.24 bits per heavy atom. The summed E-state index contributed by atoms with van der Waals surface area (Å²) < 4.78 is 0. The summed E-state index contributed by atoms with van der Waals surface area (Å²) in [5, 5.41) is 12.7. The molecule has 21 heavy (non-hydrogen) atoms. The highest BCUT2D eigenvalue weighted by Gasteiger charge is 2.33. The standard InChI is InChI=1S/C15H15Cl2NO3/c16-11-4-2-5-12(17)9(11)7-8-14(19)18-13-6-1-3-10(13)15(20)21/h2,4-5,7-8,10,13H,1,3,6H2,(H,18,19)(H,20,21). The Hall–Kier alpha value is -1.52. The van der Waals surface area contributed by atoms with Gasteiger partial charge in [0.25, 0.3) is 0 Å². The fraction of sp³-hybridized carbons (Fsp3) is 0.333. The van der Waals surface area contributed by atoms with Gasteiger partial charge < -0.3 is 10.4 Å². The van der Waals surface area contributed by atoms with E-state index in [4.69, 9.17) is 28.3 Å². The molecule has 112 valence electrons. The molecule has 1 fully saturated rings. The topological polar surface area (TPSA) is 66.4 Å². The van der Waals surface area contributed by atoms with Gasteiger partial charge in [-0.2, -0.15) is 0 Å². The second kappa shape index (κ2) is 6.96. The zero-order valence-electron chi connectivity index (χ0n) is 11.2. The van der Waals surface area contributed by atoms with Gasteiger partial charge in [0.1, 0.15) is 0 Å². The highest BCUT2D eigenvalue weighted by molar-refractivity contribution is 6.37. The van der Waals surface area contributed by atoms with Crippen LogP contribution >= 0.6 is 23.2 Å². The molecule has 0 spiro atoms. The first-order chi connectivity index (χ1) is 9.99. The van der Waals surface area contributed by atoms with Crippen molar-refractivity contribution in [1.29, 1.82) is 0 Å². The molecule has 1 saturated carbocycles. The van der Waals surface area contributed by atoms with Crippen LogP contribution in [0.4, 0.5) is 0 Å². The van der Waals surface area contributed by atoms with Crippen molar-refractivity contribution in [3.8, 4) is 0 Å². The summed E-state index contributed by atoms with van der Waals surface area (Å²) in [7, 11) is 0. The summed E-state index contributed by atoms with van der Waals surface area (Å²) in [6.07, 6.45) is 4.95. The van der Waals surface area contributed by atoms with Crippen LogP contribution in [-0.2, 0) is 9.59 Å². The van der Waals surface area contributed by atoms with Crippen molar-refractivity contribution >= 4 is 41.2 Å². The number of carboxylic acids is 1. The van der Waals surface area contributed by atoms with Gasteiger partial charge in [0.05, 0.1) is 5.92 Å². The number of carbonyl (C=O) groups is 2. The van der Waals surface area contributed by atoms with E-state index in [-0.39, 0.29) is 11.9 Å². The third-order valence-electron chi connectivity index (χ3n) is 3.56. The van der Waals surface area contributed by atoms with Crippen molar-refractivity contribution in [1.82, 2.24) is 5.32 Å². The van der Waals surface area contributed by atoms with Crippen LogP contribution in [-0.4, -0.2) is 23.0 Å². The average molecular weight is 328 g/mol. The van der Waals surface area contributed by atoms with Crippen LogP contribution in [0.1, 0.15) is 24.8 Å². The molecule has 1 aliphatic carbocycles. The van der Waals surface area contributed by atoms with Crippen molar-refractivity contribution in [3.63, 3.8) is 0 Å². The first-order valence-corrected chi connectivity index (χ1v) is 7.40. The van der Waals surface area contributed by atoms with E-state index >= 15 is 0 Å². The molecule has 0 saturated heterocycles. The van der Waals surface area contributed by atoms with E-state index in [1.807, 2.05) is 0 Å². The number of hydrogen-bond acceptors (Lipinski definition) is 2. The van der Waals surface area contributed by atoms with Gasteiger partial charge in [-0.25, -0.2) is 0 Å². The molecule has 6 heteroatoms. The van der Waals surface area contributed by atoms with Gasteiger partial charge in [-0.3, -0.25) is 9.59 Å². The smallest absolute Gasteiger partial charge is 0.308 e. The molecule has 4 nitrogen and oxygen atoms in total. The summed E-state index contributed by atoms with van der Waals surface area (Å²) in [5.41, 5.74) is 0.567. The van der Waals surface area contributed by atoms with Crippen LogP contribution in [0.15, 0.2) is 24.3 Å². The lowest BCUT2D eigenvalue weighted by atomic mass is 10.0. The Kier molecular flexibility index (Phi) is 5.26. The van der Waals surface area contributed by atoms with E-state index < -0.39 is 11.9 Å². The van der Waals surface area contributed by atoms with Crippen LogP contribution in [0.3, 0.4) is 0 Å². The summed E-state index contributed by atoms with van der Waals surface area (Å²) in [6.45, 7) is 0. The first-order valence-electron chi connectivity index (χ1n) is 6.64. The van der Waals surface area contributed by atoms with Crippen LogP contribution in [0.2, 0.25) is 10.0 Å². The lowest BCUT2D eigenvalue weighted by Crippen LogP contribution is -2.39. The van der Waals surface area contributed by atoms with Crippen molar-refractivity contribution in [2.24, 2.45) is 5.92 Å². The zero-order chi connectivity index (χ0) is 15.4. The molecule has 2 rings (SSSR count). The Morgan fingerprint density at radius 2 is 1.90 bits per heavy atom. The van der Waals surface area contributed by atoms with Gasteiger partial charge >= 0.3 is 5.97 Å². The van der Waals surface area contributed by atoms with E-state index in [0.717, 1.165) is 6.42 Å². The van der Waals surface area contributed by atoms with E-state index in [2.05, 4.69) is 5.32 Å². The number of benzene rings is 1. The molecule has 1 aromatic carbocycles. The summed E-state index contributed by atoms with van der Waals surface area (Å²) in [6, 6.07) is 4.77. The molecule has 0 aliphatic heterocycles. The molecule has 1 aliphatic rings. The number of carboxylic acid groups (broad SMARTS) is 1. The Bertz CT molecular complexity index is 566. The number of hydrogen-bond donors (Lipinski definition) is 2. The molecule has 0 radical (unpaired) electrons. The number of amides is 1. The Morgan fingerprint density at radius 3 is 2.52 bits per heavy atom. The minimum absolute atomic E-state index is 0.318. The predicted molar refractivity (Wildman–Crippen MR) is 82.4 cm³/mol. The van der Waals surface area contributed by atoms with Gasteiger partial charge in [-0.05, 0) is 31.1 Å². The second-order valence-electron chi connectivity index (χ2n) is 4.96. The van der Waals surface area contributed by atoms with Crippen molar-refractivity contribution in [3.05, 3.63) is 39.9 Å². The van der Waals surface area contributed by atoms with Gasteiger partial charge in [-0.15, -0.1) is 0 Å². The summed E-state index contributed by atoms with van der Waals surface area (Å²) in [5.74, 6) is -1.72. The second-order valence-corrected chi connectivity index (χ2v) is 5.77.